The van der Waals surface area contributed by atoms with E-state index in [1.54, 1.807) is 12.1 Å². The van der Waals surface area contributed by atoms with Gasteiger partial charge in [0.1, 0.15) is 0 Å². The fourth-order valence-electron chi connectivity index (χ4n) is 2.42. The molecule has 1 aliphatic rings. The van der Waals surface area contributed by atoms with E-state index in [0.717, 1.165) is 19.7 Å². The molecule has 1 fully saturated rings. The third kappa shape index (κ3) is 2.20. The van der Waals surface area contributed by atoms with Crippen LogP contribution in [0.1, 0.15) is 28.3 Å². The lowest BCUT2D eigenvalue weighted by atomic mass is 9.95. The highest BCUT2D eigenvalue weighted by atomic mass is 79.9. The first-order valence-corrected chi connectivity index (χ1v) is 7.67. The van der Waals surface area contributed by atoms with E-state index in [1.165, 1.54) is 18.4 Å². The topological polar surface area (TPSA) is 68.3 Å². The lowest BCUT2D eigenvalue weighted by molar-refractivity contribution is -0.120. The SMILES string of the molecule is COC(=O)c1cc([C@@H]2CCNC2=O)c2nc(Br)sc2c1. The van der Waals surface area contributed by atoms with Gasteiger partial charge >= 0.3 is 5.97 Å². The quantitative estimate of drug-likeness (QED) is 0.841. The number of amides is 1. The van der Waals surface area contributed by atoms with E-state index in [0.29, 0.717) is 18.5 Å². The molecule has 20 heavy (non-hydrogen) atoms. The molecule has 1 N–H and O–H groups in total. The summed E-state index contributed by atoms with van der Waals surface area (Å²) in [7, 11) is 1.34. The molecule has 7 heteroatoms. The Balaban J connectivity index is 2.21. The number of nitrogens with zero attached hydrogens (tertiary/aromatic N) is 1. The molecule has 0 unspecified atom stereocenters. The zero-order chi connectivity index (χ0) is 14.3. The van der Waals surface area contributed by atoms with E-state index in [2.05, 4.69) is 26.2 Å². The number of benzene rings is 1. The van der Waals surface area contributed by atoms with Crippen LogP contribution in [0, 0.1) is 0 Å². The van der Waals surface area contributed by atoms with Crippen LogP contribution in [0.25, 0.3) is 10.2 Å². The van der Waals surface area contributed by atoms with Gasteiger partial charge in [0.25, 0.3) is 0 Å². The van der Waals surface area contributed by atoms with E-state index in [9.17, 15) is 9.59 Å². The van der Waals surface area contributed by atoms with Crippen molar-refractivity contribution < 1.29 is 14.3 Å². The number of thiazole rings is 1. The number of ether oxygens (including phenoxy) is 1. The third-order valence-electron chi connectivity index (χ3n) is 3.34. The molecule has 2 aromatic rings. The summed E-state index contributed by atoms with van der Waals surface area (Å²) in [5.41, 5.74) is 2.02. The van der Waals surface area contributed by atoms with Crippen LogP contribution in [-0.2, 0) is 9.53 Å². The maximum absolute atomic E-state index is 11.9. The number of fused-ring (bicyclic) bond motifs is 1. The molecule has 0 saturated carbocycles. The van der Waals surface area contributed by atoms with Crippen LogP contribution in [-0.4, -0.2) is 30.5 Å². The molecule has 0 spiro atoms. The van der Waals surface area contributed by atoms with Crippen molar-refractivity contribution in [2.75, 3.05) is 13.7 Å². The first-order valence-electron chi connectivity index (χ1n) is 6.06. The highest BCUT2D eigenvalue weighted by Crippen LogP contribution is 2.35. The van der Waals surface area contributed by atoms with Gasteiger partial charge in [-0.2, -0.15) is 0 Å². The first-order chi connectivity index (χ1) is 9.60. The number of hydrogen-bond acceptors (Lipinski definition) is 5. The Labute approximate surface area is 127 Å². The molecule has 2 heterocycles. The van der Waals surface area contributed by atoms with E-state index in [-0.39, 0.29) is 11.8 Å². The minimum absolute atomic E-state index is 0.0163. The van der Waals surface area contributed by atoms with E-state index < -0.39 is 5.97 Å². The Morgan fingerprint density at radius 2 is 2.35 bits per heavy atom. The number of carbonyl (C=O) groups is 2. The molecular formula is C13H11BrN2O3S. The van der Waals surface area contributed by atoms with Gasteiger partial charge < -0.3 is 10.1 Å². The predicted molar refractivity (Wildman–Crippen MR) is 79.0 cm³/mol. The Bertz CT molecular complexity index is 713. The summed E-state index contributed by atoms with van der Waals surface area (Å²) in [6.45, 7) is 0.652. The van der Waals surface area contributed by atoms with Crippen LogP contribution >= 0.6 is 27.3 Å². The monoisotopic (exact) mass is 354 g/mol. The minimum atomic E-state index is -0.406. The zero-order valence-electron chi connectivity index (χ0n) is 10.6. The van der Waals surface area contributed by atoms with Crippen LogP contribution in [0.3, 0.4) is 0 Å². The Hall–Kier alpha value is -1.47. The van der Waals surface area contributed by atoms with Crippen molar-refractivity contribution in [2.45, 2.75) is 12.3 Å². The standard InChI is InChI=1S/C13H11BrN2O3S/c1-19-12(18)6-4-8(7-2-3-15-11(7)17)10-9(5-6)20-13(14)16-10/h4-5,7H,2-3H2,1H3,(H,15,17)/t7-/m0/s1. The van der Waals surface area contributed by atoms with Crippen LogP contribution in [0.4, 0.5) is 0 Å². The van der Waals surface area contributed by atoms with Gasteiger partial charge in [-0.05, 0) is 40.0 Å². The summed E-state index contributed by atoms with van der Waals surface area (Å²) in [5.74, 6) is -0.676. The van der Waals surface area contributed by atoms with Gasteiger partial charge in [0.2, 0.25) is 5.91 Å². The van der Waals surface area contributed by atoms with Crippen LogP contribution in [0.2, 0.25) is 0 Å². The number of rotatable bonds is 2. The molecule has 104 valence electrons. The molecule has 1 aliphatic heterocycles. The zero-order valence-corrected chi connectivity index (χ0v) is 13.0. The molecule has 0 bridgehead atoms. The molecule has 3 rings (SSSR count). The van der Waals surface area contributed by atoms with Crippen LogP contribution in [0.5, 0.6) is 0 Å². The van der Waals surface area contributed by atoms with Gasteiger partial charge in [0.05, 0.1) is 28.8 Å². The normalized spacial score (nSPS) is 18.3. The number of methoxy groups -OCH3 is 1. The maximum Gasteiger partial charge on any atom is 0.337 e. The highest BCUT2D eigenvalue weighted by Gasteiger charge is 2.29. The number of aromatic nitrogens is 1. The maximum atomic E-state index is 11.9. The number of nitrogens with one attached hydrogen (secondary N) is 1. The molecule has 1 amide bonds. The first kappa shape index (κ1) is 13.5. The van der Waals surface area contributed by atoms with Crippen molar-refractivity contribution in [3.8, 4) is 0 Å². The molecule has 1 saturated heterocycles. The summed E-state index contributed by atoms with van der Waals surface area (Å²) in [5, 5.41) is 2.81. The van der Waals surface area contributed by atoms with E-state index in [1.807, 2.05) is 0 Å². The number of carbonyl (C=O) groups excluding carboxylic acids is 2. The summed E-state index contributed by atoms with van der Waals surface area (Å²) >= 11 is 4.79. The molecule has 0 aliphatic carbocycles. The Morgan fingerprint density at radius 1 is 1.55 bits per heavy atom. The second-order valence-electron chi connectivity index (χ2n) is 4.50. The molecule has 0 radical (unpaired) electrons. The van der Waals surface area contributed by atoms with E-state index in [4.69, 9.17) is 4.74 Å². The van der Waals surface area contributed by atoms with E-state index >= 15 is 0 Å². The van der Waals surface area contributed by atoms with Crippen molar-refractivity contribution in [1.82, 2.24) is 10.3 Å². The Kier molecular flexibility index (Phi) is 3.47. The lowest BCUT2D eigenvalue weighted by Gasteiger charge is -2.10. The van der Waals surface area contributed by atoms with Gasteiger partial charge in [0, 0.05) is 6.54 Å². The predicted octanol–water partition coefficient (Wildman–Crippen LogP) is 2.45. The van der Waals surface area contributed by atoms with Crippen molar-refractivity contribution in [3.05, 3.63) is 27.2 Å². The Morgan fingerprint density at radius 3 is 3.00 bits per heavy atom. The fraction of sp³-hybridized carbons (Fsp3) is 0.308. The van der Waals surface area contributed by atoms with Crippen LogP contribution < -0.4 is 5.32 Å². The summed E-state index contributed by atoms with van der Waals surface area (Å²) in [6.07, 6.45) is 0.716. The second kappa shape index (κ2) is 5.14. The van der Waals surface area contributed by atoms with Gasteiger partial charge in [-0.25, -0.2) is 9.78 Å². The molecule has 1 atom stereocenters. The smallest absolute Gasteiger partial charge is 0.337 e. The number of hydrogen-bond donors (Lipinski definition) is 1. The minimum Gasteiger partial charge on any atom is -0.465 e. The van der Waals surface area contributed by atoms with Crippen molar-refractivity contribution in [2.24, 2.45) is 0 Å². The highest BCUT2D eigenvalue weighted by molar-refractivity contribution is 9.11. The largest absolute Gasteiger partial charge is 0.465 e. The molecule has 5 nitrogen and oxygen atoms in total. The van der Waals surface area contributed by atoms with Gasteiger partial charge in [-0.1, -0.05) is 0 Å². The average Bonchev–Trinajstić information content (AvgIpc) is 3.01. The van der Waals surface area contributed by atoms with Crippen molar-refractivity contribution in [1.29, 1.82) is 0 Å². The fourth-order valence-corrected chi connectivity index (χ4v) is 3.89. The van der Waals surface area contributed by atoms with Gasteiger partial charge in [-0.15, -0.1) is 11.3 Å². The van der Waals surface area contributed by atoms with Crippen molar-refractivity contribution in [3.63, 3.8) is 0 Å². The summed E-state index contributed by atoms with van der Waals surface area (Å²) in [6, 6.07) is 3.47. The lowest BCUT2D eigenvalue weighted by Crippen LogP contribution is -2.18. The second-order valence-corrected chi connectivity index (χ2v) is 6.81. The summed E-state index contributed by atoms with van der Waals surface area (Å²) < 4.78 is 6.37. The summed E-state index contributed by atoms with van der Waals surface area (Å²) in [4.78, 5) is 28.1. The van der Waals surface area contributed by atoms with Crippen LogP contribution in [0.15, 0.2) is 16.0 Å². The van der Waals surface area contributed by atoms with Gasteiger partial charge in [-0.3, -0.25) is 4.79 Å². The molecule has 1 aromatic carbocycles. The average molecular weight is 355 g/mol. The number of esters is 1. The third-order valence-corrected chi connectivity index (χ3v) is 4.80. The molecular weight excluding hydrogens is 344 g/mol. The number of halogens is 1. The molecule has 1 aromatic heterocycles. The van der Waals surface area contributed by atoms with Gasteiger partial charge in [0.15, 0.2) is 3.92 Å². The van der Waals surface area contributed by atoms with Crippen molar-refractivity contribution >= 4 is 49.4 Å².